The van der Waals surface area contributed by atoms with Crippen molar-refractivity contribution in [2.75, 3.05) is 26.0 Å². The smallest absolute Gasteiger partial charge is 0.134 e. The van der Waals surface area contributed by atoms with Crippen LogP contribution in [0.4, 0.5) is 5.82 Å². The largest absolute Gasteiger partial charge is 0.368 e. The molecule has 0 amide bonds. The van der Waals surface area contributed by atoms with Gasteiger partial charge in [-0.15, -0.1) is 11.3 Å². The number of hydrogen-bond acceptors (Lipinski definition) is 4. The highest BCUT2D eigenvalue weighted by Gasteiger charge is 2.38. The predicted octanol–water partition coefficient (Wildman–Crippen LogP) is 3.19. The predicted molar refractivity (Wildman–Crippen MR) is 78.4 cm³/mol. The van der Waals surface area contributed by atoms with Crippen molar-refractivity contribution in [1.82, 2.24) is 9.88 Å². The number of anilines is 1. The number of nitrogens with one attached hydrogen (secondary N) is 1. The standard InChI is InChI=1S/C14H19N3S/c1-17(2)14(6-3-7-14)10-16-13-11-5-9-18-12(11)4-8-15-13/h4-5,8-9H,3,6-7,10H2,1-2H3,(H,15,16). The van der Waals surface area contributed by atoms with Crippen LogP contribution in [0.2, 0.25) is 0 Å². The number of rotatable bonds is 4. The second-order valence-corrected chi connectivity index (χ2v) is 6.27. The highest BCUT2D eigenvalue weighted by atomic mass is 32.1. The van der Waals surface area contributed by atoms with E-state index in [0.29, 0.717) is 5.54 Å². The number of hydrogen-bond donors (Lipinski definition) is 1. The van der Waals surface area contributed by atoms with Crippen LogP contribution in [0.5, 0.6) is 0 Å². The Bertz CT molecular complexity index is 543. The monoisotopic (exact) mass is 261 g/mol. The highest BCUT2D eigenvalue weighted by molar-refractivity contribution is 7.17. The molecule has 3 rings (SSSR count). The fourth-order valence-electron chi connectivity index (χ4n) is 2.65. The van der Waals surface area contributed by atoms with Gasteiger partial charge < -0.3 is 10.2 Å². The van der Waals surface area contributed by atoms with Gasteiger partial charge in [0, 0.05) is 28.4 Å². The molecule has 1 saturated carbocycles. The fourth-order valence-corrected chi connectivity index (χ4v) is 3.43. The van der Waals surface area contributed by atoms with Crippen molar-refractivity contribution < 1.29 is 0 Å². The van der Waals surface area contributed by atoms with Crippen LogP contribution in [0.3, 0.4) is 0 Å². The lowest BCUT2D eigenvalue weighted by atomic mass is 9.75. The van der Waals surface area contributed by atoms with E-state index in [1.54, 1.807) is 11.3 Å². The number of pyridine rings is 1. The zero-order valence-electron chi connectivity index (χ0n) is 10.9. The number of likely N-dealkylation sites (N-methyl/N-ethyl adjacent to an activating group) is 1. The summed E-state index contributed by atoms with van der Waals surface area (Å²) in [6.07, 6.45) is 5.80. The van der Waals surface area contributed by atoms with E-state index >= 15 is 0 Å². The Morgan fingerprint density at radius 3 is 2.89 bits per heavy atom. The van der Waals surface area contributed by atoms with Crippen LogP contribution in [0.15, 0.2) is 23.7 Å². The molecule has 1 N–H and O–H groups in total. The van der Waals surface area contributed by atoms with Crippen molar-refractivity contribution >= 4 is 27.2 Å². The number of fused-ring (bicyclic) bond motifs is 1. The van der Waals surface area contributed by atoms with Crippen LogP contribution in [-0.2, 0) is 0 Å². The lowest BCUT2D eigenvalue weighted by Crippen LogP contribution is -2.54. The molecule has 0 spiro atoms. The summed E-state index contributed by atoms with van der Waals surface area (Å²) in [7, 11) is 4.36. The lowest BCUT2D eigenvalue weighted by Gasteiger charge is -2.47. The normalized spacial score (nSPS) is 17.9. The third-order valence-electron chi connectivity index (χ3n) is 4.20. The Morgan fingerprint density at radius 1 is 1.39 bits per heavy atom. The first-order valence-electron chi connectivity index (χ1n) is 6.45. The zero-order chi connectivity index (χ0) is 12.6. The molecule has 96 valence electrons. The molecule has 2 heterocycles. The Morgan fingerprint density at radius 2 is 2.22 bits per heavy atom. The Hall–Kier alpha value is -1.13. The maximum Gasteiger partial charge on any atom is 0.134 e. The summed E-state index contributed by atoms with van der Waals surface area (Å²) in [5.74, 6) is 1.03. The minimum atomic E-state index is 0.333. The van der Waals surface area contributed by atoms with Crippen molar-refractivity contribution in [2.45, 2.75) is 24.8 Å². The molecule has 0 bridgehead atoms. The van der Waals surface area contributed by atoms with E-state index in [4.69, 9.17) is 0 Å². The summed E-state index contributed by atoms with van der Waals surface area (Å²) in [5.41, 5.74) is 0.333. The molecule has 4 heteroatoms. The first-order chi connectivity index (χ1) is 8.71. The molecule has 2 aromatic heterocycles. The first kappa shape index (κ1) is 11.9. The molecule has 1 aliphatic rings. The zero-order valence-corrected chi connectivity index (χ0v) is 11.8. The third kappa shape index (κ3) is 1.89. The number of thiophene rings is 1. The molecular weight excluding hydrogens is 242 g/mol. The van der Waals surface area contributed by atoms with E-state index < -0.39 is 0 Å². The van der Waals surface area contributed by atoms with Crippen LogP contribution in [0.1, 0.15) is 19.3 Å². The molecule has 0 aromatic carbocycles. The maximum atomic E-state index is 4.48. The van der Waals surface area contributed by atoms with Crippen molar-refractivity contribution in [3.8, 4) is 0 Å². The molecule has 0 saturated heterocycles. The molecule has 0 aliphatic heterocycles. The molecule has 1 aliphatic carbocycles. The molecule has 2 aromatic rings. The summed E-state index contributed by atoms with van der Waals surface area (Å²) >= 11 is 1.77. The van der Waals surface area contributed by atoms with Crippen molar-refractivity contribution in [1.29, 1.82) is 0 Å². The first-order valence-corrected chi connectivity index (χ1v) is 7.33. The topological polar surface area (TPSA) is 28.2 Å². The number of nitrogens with zero attached hydrogens (tertiary/aromatic N) is 2. The summed E-state index contributed by atoms with van der Waals surface area (Å²) in [4.78, 5) is 6.84. The van der Waals surface area contributed by atoms with Gasteiger partial charge in [-0.2, -0.15) is 0 Å². The van der Waals surface area contributed by atoms with E-state index in [-0.39, 0.29) is 0 Å². The van der Waals surface area contributed by atoms with Gasteiger partial charge in [-0.25, -0.2) is 4.98 Å². The lowest BCUT2D eigenvalue weighted by molar-refractivity contribution is 0.0738. The van der Waals surface area contributed by atoms with Gasteiger partial charge in [0.2, 0.25) is 0 Å². The van der Waals surface area contributed by atoms with Gasteiger partial charge in [0.1, 0.15) is 5.82 Å². The van der Waals surface area contributed by atoms with Gasteiger partial charge in [-0.05, 0) is 50.9 Å². The molecule has 0 atom stereocenters. The van der Waals surface area contributed by atoms with E-state index in [2.05, 4.69) is 46.8 Å². The quantitative estimate of drug-likeness (QED) is 0.916. The van der Waals surface area contributed by atoms with E-state index in [0.717, 1.165) is 12.4 Å². The van der Waals surface area contributed by atoms with Crippen molar-refractivity contribution in [2.24, 2.45) is 0 Å². The summed E-state index contributed by atoms with van der Waals surface area (Å²) in [5, 5.41) is 6.93. The van der Waals surface area contributed by atoms with Crippen LogP contribution in [0.25, 0.3) is 10.1 Å². The summed E-state index contributed by atoms with van der Waals surface area (Å²) in [6, 6.07) is 4.23. The van der Waals surface area contributed by atoms with Gasteiger partial charge in [0.25, 0.3) is 0 Å². The van der Waals surface area contributed by atoms with Gasteiger partial charge in [-0.3, -0.25) is 0 Å². The molecule has 18 heavy (non-hydrogen) atoms. The van der Waals surface area contributed by atoms with Gasteiger partial charge in [-0.1, -0.05) is 0 Å². The van der Waals surface area contributed by atoms with E-state index in [1.807, 2.05) is 6.20 Å². The second kappa shape index (κ2) is 4.52. The summed E-state index contributed by atoms with van der Waals surface area (Å²) < 4.78 is 1.31. The van der Waals surface area contributed by atoms with E-state index in [1.165, 1.54) is 29.3 Å². The third-order valence-corrected chi connectivity index (χ3v) is 5.08. The Kier molecular flexibility index (Phi) is 2.99. The van der Waals surface area contributed by atoms with Crippen LogP contribution < -0.4 is 5.32 Å². The van der Waals surface area contributed by atoms with Gasteiger partial charge in [0.15, 0.2) is 0 Å². The molecule has 0 unspecified atom stereocenters. The highest BCUT2D eigenvalue weighted by Crippen LogP contribution is 2.36. The average molecular weight is 261 g/mol. The second-order valence-electron chi connectivity index (χ2n) is 5.32. The minimum absolute atomic E-state index is 0.333. The molecular formula is C14H19N3S. The van der Waals surface area contributed by atoms with Crippen molar-refractivity contribution in [3.63, 3.8) is 0 Å². The summed E-state index contributed by atoms with van der Waals surface area (Å²) in [6.45, 7) is 0.988. The SMILES string of the molecule is CN(C)C1(CNc2nccc3sccc23)CCC1. The minimum Gasteiger partial charge on any atom is -0.368 e. The molecule has 1 fully saturated rings. The fraction of sp³-hybridized carbons (Fsp3) is 0.500. The van der Waals surface area contributed by atoms with Gasteiger partial charge in [0.05, 0.1) is 0 Å². The van der Waals surface area contributed by atoms with Crippen LogP contribution >= 0.6 is 11.3 Å². The van der Waals surface area contributed by atoms with Gasteiger partial charge >= 0.3 is 0 Å². The number of aromatic nitrogens is 1. The molecule has 0 radical (unpaired) electrons. The van der Waals surface area contributed by atoms with Crippen molar-refractivity contribution in [3.05, 3.63) is 23.7 Å². The van der Waals surface area contributed by atoms with Crippen LogP contribution in [-0.4, -0.2) is 36.1 Å². The maximum absolute atomic E-state index is 4.48. The average Bonchev–Trinajstić information content (AvgIpc) is 2.75. The Labute approximate surface area is 112 Å². The Balaban J connectivity index is 1.79. The molecule has 3 nitrogen and oxygen atoms in total. The van der Waals surface area contributed by atoms with Crippen LogP contribution in [0, 0.1) is 0 Å². The van der Waals surface area contributed by atoms with E-state index in [9.17, 15) is 0 Å².